The SMILES string of the molecule is Cc1c(OC/C=C/c2ccccc2)ccc2c1O/C(=C\c1ccccc1F)C2=O. The average Bonchev–Trinajstić information content (AvgIpc) is 3.06. The van der Waals surface area contributed by atoms with E-state index >= 15 is 0 Å². The highest BCUT2D eigenvalue weighted by molar-refractivity contribution is 6.15. The van der Waals surface area contributed by atoms with Crippen LogP contribution in [-0.2, 0) is 0 Å². The zero-order valence-corrected chi connectivity index (χ0v) is 15.9. The highest BCUT2D eigenvalue weighted by Gasteiger charge is 2.30. The second kappa shape index (κ2) is 8.15. The Balaban J connectivity index is 1.51. The van der Waals surface area contributed by atoms with Gasteiger partial charge >= 0.3 is 0 Å². The quantitative estimate of drug-likeness (QED) is 0.517. The van der Waals surface area contributed by atoms with E-state index in [2.05, 4.69) is 0 Å². The van der Waals surface area contributed by atoms with Gasteiger partial charge in [0.2, 0.25) is 5.78 Å². The Morgan fingerprint density at radius 3 is 2.55 bits per heavy atom. The van der Waals surface area contributed by atoms with Crippen LogP contribution in [0.4, 0.5) is 4.39 Å². The Kier molecular flexibility index (Phi) is 5.25. The van der Waals surface area contributed by atoms with Gasteiger partial charge in [0.1, 0.15) is 23.9 Å². The number of Topliss-reactive ketones (excluding diaryl/α,β-unsaturated/α-hetero) is 1. The third-order valence-corrected chi connectivity index (χ3v) is 4.67. The Morgan fingerprint density at radius 2 is 1.76 bits per heavy atom. The molecule has 3 aromatic carbocycles. The monoisotopic (exact) mass is 386 g/mol. The molecule has 0 amide bonds. The molecule has 0 aromatic heterocycles. The van der Waals surface area contributed by atoms with E-state index in [0.29, 0.717) is 29.2 Å². The highest BCUT2D eigenvalue weighted by atomic mass is 19.1. The van der Waals surface area contributed by atoms with Gasteiger partial charge in [0.25, 0.3) is 0 Å². The van der Waals surface area contributed by atoms with Crippen LogP contribution in [0.2, 0.25) is 0 Å². The van der Waals surface area contributed by atoms with E-state index in [1.165, 1.54) is 12.1 Å². The number of ketones is 1. The van der Waals surface area contributed by atoms with Crippen LogP contribution in [0.5, 0.6) is 11.5 Å². The van der Waals surface area contributed by atoms with Crippen molar-refractivity contribution in [3.8, 4) is 11.5 Å². The molecule has 0 spiro atoms. The van der Waals surface area contributed by atoms with Crippen LogP contribution in [0.3, 0.4) is 0 Å². The van der Waals surface area contributed by atoms with Crippen LogP contribution in [0.25, 0.3) is 12.2 Å². The Bertz CT molecular complexity index is 1110. The number of hydrogen-bond donors (Lipinski definition) is 0. The van der Waals surface area contributed by atoms with Crippen molar-refractivity contribution in [1.82, 2.24) is 0 Å². The maximum atomic E-state index is 13.9. The third kappa shape index (κ3) is 3.97. The van der Waals surface area contributed by atoms with Crippen molar-refractivity contribution in [3.63, 3.8) is 0 Å². The second-order valence-electron chi connectivity index (χ2n) is 6.65. The van der Waals surface area contributed by atoms with Gasteiger partial charge in [-0.3, -0.25) is 4.79 Å². The van der Waals surface area contributed by atoms with Crippen LogP contribution < -0.4 is 9.47 Å². The maximum absolute atomic E-state index is 13.9. The van der Waals surface area contributed by atoms with Crippen molar-refractivity contribution in [2.45, 2.75) is 6.92 Å². The molecule has 3 nitrogen and oxygen atoms in total. The van der Waals surface area contributed by atoms with Gasteiger partial charge in [-0.25, -0.2) is 4.39 Å². The fraction of sp³-hybridized carbons (Fsp3) is 0.0800. The summed E-state index contributed by atoms with van der Waals surface area (Å²) in [4.78, 5) is 12.6. The molecule has 4 rings (SSSR count). The van der Waals surface area contributed by atoms with Gasteiger partial charge in [-0.1, -0.05) is 54.6 Å². The molecule has 0 fully saturated rings. The lowest BCUT2D eigenvalue weighted by molar-refractivity contribution is 0.101. The smallest absolute Gasteiger partial charge is 0.231 e. The van der Waals surface area contributed by atoms with Crippen LogP contribution >= 0.6 is 0 Å². The van der Waals surface area contributed by atoms with Gasteiger partial charge in [0, 0.05) is 11.1 Å². The van der Waals surface area contributed by atoms with Gasteiger partial charge in [-0.2, -0.15) is 0 Å². The number of hydrogen-bond acceptors (Lipinski definition) is 3. The van der Waals surface area contributed by atoms with Crippen molar-refractivity contribution < 1.29 is 18.7 Å². The lowest BCUT2D eigenvalue weighted by Gasteiger charge is -2.10. The topological polar surface area (TPSA) is 35.5 Å². The van der Waals surface area contributed by atoms with Crippen molar-refractivity contribution in [1.29, 1.82) is 0 Å². The Morgan fingerprint density at radius 1 is 1.00 bits per heavy atom. The molecule has 0 atom stereocenters. The van der Waals surface area contributed by atoms with E-state index in [1.807, 2.05) is 49.4 Å². The molecule has 1 heterocycles. The first-order valence-corrected chi connectivity index (χ1v) is 9.30. The molecule has 0 unspecified atom stereocenters. The van der Waals surface area contributed by atoms with E-state index in [0.717, 1.165) is 11.1 Å². The van der Waals surface area contributed by atoms with Crippen molar-refractivity contribution in [3.05, 3.63) is 107 Å². The van der Waals surface area contributed by atoms with E-state index < -0.39 is 5.82 Å². The first-order chi connectivity index (χ1) is 14.1. The normalized spacial score (nSPS) is 14.3. The third-order valence-electron chi connectivity index (χ3n) is 4.67. The zero-order chi connectivity index (χ0) is 20.2. The van der Waals surface area contributed by atoms with Crippen LogP contribution in [-0.4, -0.2) is 12.4 Å². The molecule has 3 aromatic rings. The van der Waals surface area contributed by atoms with Crippen LogP contribution in [0, 0.1) is 12.7 Å². The molecular weight excluding hydrogens is 367 g/mol. The van der Waals surface area contributed by atoms with Gasteiger partial charge in [0.15, 0.2) is 5.76 Å². The van der Waals surface area contributed by atoms with Gasteiger partial charge < -0.3 is 9.47 Å². The first kappa shape index (κ1) is 18.7. The van der Waals surface area contributed by atoms with Crippen LogP contribution in [0.15, 0.2) is 78.6 Å². The minimum atomic E-state index is -0.404. The highest BCUT2D eigenvalue weighted by Crippen LogP contribution is 2.39. The molecule has 144 valence electrons. The summed E-state index contributed by atoms with van der Waals surface area (Å²) in [6, 6.07) is 19.7. The minimum absolute atomic E-state index is 0.106. The van der Waals surface area contributed by atoms with E-state index in [4.69, 9.17) is 9.47 Å². The number of rotatable bonds is 5. The lowest BCUT2D eigenvalue weighted by Crippen LogP contribution is -1.98. The number of allylic oxidation sites excluding steroid dienone is 1. The minimum Gasteiger partial charge on any atom is -0.489 e. The summed E-state index contributed by atoms with van der Waals surface area (Å²) >= 11 is 0. The van der Waals surface area contributed by atoms with Crippen molar-refractivity contribution >= 4 is 17.9 Å². The summed E-state index contributed by atoms with van der Waals surface area (Å²) in [6.45, 7) is 2.23. The Labute approximate surface area is 168 Å². The summed E-state index contributed by atoms with van der Waals surface area (Å²) in [5, 5.41) is 0. The summed E-state index contributed by atoms with van der Waals surface area (Å²) in [7, 11) is 0. The fourth-order valence-electron chi connectivity index (χ4n) is 3.14. The van der Waals surface area contributed by atoms with E-state index in [-0.39, 0.29) is 11.5 Å². The molecule has 0 bridgehead atoms. The van der Waals surface area contributed by atoms with Gasteiger partial charge in [-0.15, -0.1) is 0 Å². The standard InChI is InChI=1S/C25H19FO3/c1-17-22(28-15-7-10-18-8-3-2-4-9-18)14-13-20-24(27)23(29-25(17)20)16-19-11-5-6-12-21(19)26/h2-14,16H,15H2,1H3/b10-7+,23-16-. The number of ether oxygens (including phenoxy) is 2. The fourth-order valence-corrected chi connectivity index (χ4v) is 3.14. The van der Waals surface area contributed by atoms with Gasteiger partial charge in [-0.05, 0) is 42.8 Å². The number of benzene rings is 3. The zero-order valence-electron chi connectivity index (χ0n) is 15.9. The van der Waals surface area contributed by atoms with Crippen molar-refractivity contribution in [2.24, 2.45) is 0 Å². The summed E-state index contributed by atoms with van der Waals surface area (Å²) in [5.41, 5.74) is 2.60. The molecule has 0 saturated heterocycles. The van der Waals surface area contributed by atoms with Gasteiger partial charge in [0.05, 0.1) is 5.56 Å². The van der Waals surface area contributed by atoms with Crippen molar-refractivity contribution in [2.75, 3.05) is 6.61 Å². The molecule has 1 aliphatic heterocycles. The summed E-state index contributed by atoms with van der Waals surface area (Å²) in [6.07, 6.45) is 5.34. The number of carbonyl (C=O) groups is 1. The largest absolute Gasteiger partial charge is 0.489 e. The number of carbonyl (C=O) groups excluding carboxylic acids is 1. The second-order valence-corrected chi connectivity index (χ2v) is 6.65. The molecule has 0 saturated carbocycles. The molecular formula is C25H19FO3. The molecule has 0 radical (unpaired) electrons. The van der Waals surface area contributed by atoms with E-state index in [1.54, 1.807) is 30.3 Å². The molecule has 29 heavy (non-hydrogen) atoms. The summed E-state index contributed by atoms with van der Waals surface area (Å²) in [5.74, 6) is 0.540. The predicted molar refractivity (Wildman–Crippen MR) is 111 cm³/mol. The average molecular weight is 386 g/mol. The predicted octanol–water partition coefficient (Wildman–Crippen LogP) is 5.84. The molecule has 1 aliphatic rings. The lowest BCUT2D eigenvalue weighted by atomic mass is 10.1. The van der Waals surface area contributed by atoms with E-state index in [9.17, 15) is 9.18 Å². The molecule has 0 N–H and O–H groups in total. The first-order valence-electron chi connectivity index (χ1n) is 9.30. The van der Waals surface area contributed by atoms with Crippen LogP contribution in [0.1, 0.15) is 27.0 Å². The molecule has 0 aliphatic carbocycles. The molecule has 4 heteroatoms. The Hall–Kier alpha value is -3.66. The summed E-state index contributed by atoms with van der Waals surface area (Å²) < 4.78 is 25.5. The maximum Gasteiger partial charge on any atom is 0.231 e. The number of fused-ring (bicyclic) bond motifs is 1. The number of halogens is 1.